The Morgan fingerprint density at radius 1 is 1.24 bits per heavy atom. The van der Waals surface area contributed by atoms with Crippen LogP contribution in [0.4, 0.5) is 9.18 Å². The van der Waals surface area contributed by atoms with E-state index in [0.717, 1.165) is 4.90 Å². The minimum atomic E-state index is -0.612. The largest absolute Gasteiger partial charge is 0.493 e. The number of hydrogen-bond acceptors (Lipinski definition) is 4. The number of urea groups is 1. The van der Waals surface area contributed by atoms with Gasteiger partial charge in [-0.25, -0.2) is 9.18 Å². The Morgan fingerprint density at radius 2 is 2.00 bits per heavy atom. The Balaban J connectivity index is 1.87. The maximum Gasteiger partial charge on any atom is 0.329 e. The Labute approximate surface area is 175 Å². The van der Waals surface area contributed by atoms with E-state index in [1.807, 2.05) is 0 Å². The molecule has 0 atom stereocenters. The van der Waals surface area contributed by atoms with Gasteiger partial charge in [0.15, 0.2) is 11.5 Å². The molecule has 1 N–H and O–H groups in total. The summed E-state index contributed by atoms with van der Waals surface area (Å²) in [7, 11) is 1.50. The summed E-state index contributed by atoms with van der Waals surface area (Å²) in [6.45, 7) is 3.75. The molecule has 1 fully saturated rings. The van der Waals surface area contributed by atoms with Gasteiger partial charge in [0.2, 0.25) is 0 Å². The highest BCUT2D eigenvalue weighted by Gasteiger charge is 2.34. The van der Waals surface area contributed by atoms with Crippen LogP contribution < -0.4 is 14.8 Å². The van der Waals surface area contributed by atoms with E-state index in [1.165, 1.54) is 25.3 Å². The summed E-state index contributed by atoms with van der Waals surface area (Å²) in [5.74, 6) is -0.0597. The first-order valence-electron chi connectivity index (χ1n) is 8.63. The highest BCUT2D eigenvalue weighted by atomic mass is 79.9. The van der Waals surface area contributed by atoms with Gasteiger partial charge in [-0.1, -0.05) is 46.8 Å². The van der Waals surface area contributed by atoms with Gasteiger partial charge in [-0.05, 0) is 29.8 Å². The molecule has 0 radical (unpaired) electrons. The van der Waals surface area contributed by atoms with Crippen LogP contribution in [0.2, 0.25) is 0 Å². The van der Waals surface area contributed by atoms with E-state index in [9.17, 15) is 14.0 Å². The van der Waals surface area contributed by atoms with Crippen LogP contribution in [0, 0.1) is 5.82 Å². The number of nitrogens with zero attached hydrogens (tertiary/aromatic N) is 1. The van der Waals surface area contributed by atoms with Crippen LogP contribution in [-0.2, 0) is 11.3 Å². The lowest BCUT2D eigenvalue weighted by molar-refractivity contribution is -0.123. The summed E-state index contributed by atoms with van der Waals surface area (Å²) in [6.07, 6.45) is 3.13. The van der Waals surface area contributed by atoms with E-state index in [-0.39, 0.29) is 17.8 Å². The molecule has 2 aromatic rings. The molecule has 0 bridgehead atoms. The van der Waals surface area contributed by atoms with Crippen LogP contribution >= 0.6 is 15.9 Å². The van der Waals surface area contributed by atoms with Crippen LogP contribution in [0.1, 0.15) is 11.1 Å². The van der Waals surface area contributed by atoms with E-state index in [1.54, 1.807) is 30.3 Å². The quantitative estimate of drug-likeness (QED) is 0.380. The molecule has 3 amide bonds. The molecule has 0 saturated carbocycles. The molecule has 3 rings (SSSR count). The van der Waals surface area contributed by atoms with Crippen LogP contribution in [-0.4, -0.2) is 30.6 Å². The van der Waals surface area contributed by atoms with Gasteiger partial charge in [0.1, 0.15) is 18.1 Å². The molecule has 2 aromatic carbocycles. The Kier molecular flexibility index (Phi) is 6.33. The van der Waals surface area contributed by atoms with E-state index >= 15 is 0 Å². The number of ether oxygens (including phenoxy) is 2. The number of benzene rings is 2. The molecule has 0 unspecified atom stereocenters. The van der Waals surface area contributed by atoms with E-state index in [0.29, 0.717) is 28.1 Å². The third-order valence-electron chi connectivity index (χ3n) is 4.19. The second-order valence-corrected chi connectivity index (χ2v) is 6.95. The predicted molar refractivity (Wildman–Crippen MR) is 110 cm³/mol. The number of hydrogen-bond donors (Lipinski definition) is 1. The topological polar surface area (TPSA) is 67.9 Å². The minimum absolute atomic E-state index is 0.0776. The number of nitrogens with one attached hydrogen (secondary N) is 1. The number of carbonyl (C=O) groups is 2. The number of carbonyl (C=O) groups excluding carboxylic acids is 2. The fourth-order valence-electron chi connectivity index (χ4n) is 2.75. The van der Waals surface area contributed by atoms with Crippen molar-refractivity contribution in [2.75, 3.05) is 13.7 Å². The second kappa shape index (κ2) is 8.91. The van der Waals surface area contributed by atoms with Gasteiger partial charge in [-0.3, -0.25) is 9.69 Å². The van der Waals surface area contributed by atoms with Crippen molar-refractivity contribution < 1.29 is 23.5 Å². The average molecular weight is 461 g/mol. The molecule has 1 heterocycles. The van der Waals surface area contributed by atoms with Crippen molar-refractivity contribution in [1.29, 1.82) is 0 Å². The number of amides is 3. The fraction of sp³-hybridized carbons (Fsp3) is 0.143. The summed E-state index contributed by atoms with van der Waals surface area (Å²) in [6, 6.07) is 8.77. The molecule has 0 spiro atoms. The molecule has 8 heteroatoms. The molecule has 1 saturated heterocycles. The monoisotopic (exact) mass is 460 g/mol. The Hall–Kier alpha value is -3.13. The molecule has 0 aromatic heterocycles. The molecule has 1 aliphatic heterocycles. The minimum Gasteiger partial charge on any atom is -0.493 e. The van der Waals surface area contributed by atoms with Crippen molar-refractivity contribution in [3.8, 4) is 11.5 Å². The molecular formula is C21H18BrFN2O4. The van der Waals surface area contributed by atoms with Crippen LogP contribution in [0.25, 0.3) is 6.08 Å². The van der Waals surface area contributed by atoms with Crippen LogP contribution in [0.15, 0.2) is 59.2 Å². The first-order valence-corrected chi connectivity index (χ1v) is 9.43. The molecule has 6 nitrogen and oxygen atoms in total. The van der Waals surface area contributed by atoms with Gasteiger partial charge in [-0.2, -0.15) is 0 Å². The highest BCUT2D eigenvalue weighted by Crippen LogP contribution is 2.35. The first kappa shape index (κ1) is 20.6. The highest BCUT2D eigenvalue weighted by molar-refractivity contribution is 9.10. The third-order valence-corrected chi connectivity index (χ3v) is 4.87. The maximum absolute atomic E-state index is 13.9. The fourth-order valence-corrected chi connectivity index (χ4v) is 3.19. The van der Waals surface area contributed by atoms with Gasteiger partial charge in [-0.15, -0.1) is 0 Å². The van der Waals surface area contributed by atoms with Crippen LogP contribution in [0.5, 0.6) is 11.5 Å². The lowest BCUT2D eigenvalue weighted by Crippen LogP contribution is -2.30. The zero-order valence-electron chi connectivity index (χ0n) is 15.6. The van der Waals surface area contributed by atoms with Crippen molar-refractivity contribution in [3.05, 3.63) is 76.2 Å². The number of methoxy groups -OCH3 is 1. The molecule has 150 valence electrons. The van der Waals surface area contributed by atoms with Crippen molar-refractivity contribution in [1.82, 2.24) is 10.2 Å². The molecule has 0 aliphatic carbocycles. The molecule has 1 aliphatic rings. The summed E-state index contributed by atoms with van der Waals surface area (Å²) < 4.78 is 25.4. The summed E-state index contributed by atoms with van der Waals surface area (Å²) >= 11 is 3.43. The zero-order chi connectivity index (χ0) is 21.0. The van der Waals surface area contributed by atoms with E-state index < -0.39 is 17.8 Å². The summed E-state index contributed by atoms with van der Waals surface area (Å²) in [4.78, 5) is 25.9. The van der Waals surface area contributed by atoms with Gasteiger partial charge < -0.3 is 14.8 Å². The van der Waals surface area contributed by atoms with Crippen molar-refractivity contribution in [2.24, 2.45) is 0 Å². The number of halogens is 2. The normalized spacial score (nSPS) is 14.9. The van der Waals surface area contributed by atoms with Gasteiger partial charge in [0.25, 0.3) is 5.91 Å². The van der Waals surface area contributed by atoms with E-state index in [2.05, 4.69) is 27.8 Å². The maximum atomic E-state index is 13.9. The summed E-state index contributed by atoms with van der Waals surface area (Å²) in [5.41, 5.74) is 0.932. The predicted octanol–water partition coefficient (Wildman–Crippen LogP) is 4.25. The smallest absolute Gasteiger partial charge is 0.329 e. The van der Waals surface area contributed by atoms with Gasteiger partial charge in [0, 0.05) is 10.0 Å². The SMILES string of the molecule is C=CCOc1cc(Br)c(/C=C2/NC(=O)N(Cc3ccccc3F)C2=O)cc1OC. The number of rotatable bonds is 7. The third kappa shape index (κ3) is 4.48. The van der Waals surface area contributed by atoms with Gasteiger partial charge >= 0.3 is 6.03 Å². The van der Waals surface area contributed by atoms with Crippen molar-refractivity contribution in [3.63, 3.8) is 0 Å². The Morgan fingerprint density at radius 3 is 2.69 bits per heavy atom. The zero-order valence-corrected chi connectivity index (χ0v) is 17.2. The van der Waals surface area contributed by atoms with Crippen LogP contribution in [0.3, 0.4) is 0 Å². The van der Waals surface area contributed by atoms with Gasteiger partial charge in [0.05, 0.1) is 13.7 Å². The summed E-state index contributed by atoms with van der Waals surface area (Å²) in [5, 5.41) is 2.53. The van der Waals surface area contributed by atoms with Crippen molar-refractivity contribution in [2.45, 2.75) is 6.54 Å². The average Bonchev–Trinajstić information content (AvgIpc) is 2.97. The molecule has 29 heavy (non-hydrogen) atoms. The number of imide groups is 1. The van der Waals surface area contributed by atoms with E-state index in [4.69, 9.17) is 9.47 Å². The first-order chi connectivity index (χ1) is 13.9. The standard InChI is InChI=1S/C21H18BrFN2O4/c1-3-8-29-19-11-15(22)14(10-18(19)28-2)9-17-20(26)25(21(27)24-17)12-13-6-4-5-7-16(13)23/h3-7,9-11H,1,8,12H2,2H3,(H,24,27)/b17-9+. The lowest BCUT2D eigenvalue weighted by atomic mass is 10.1. The molecular weight excluding hydrogens is 443 g/mol. The Bertz CT molecular complexity index is 1010. The van der Waals surface area contributed by atoms with Crippen molar-refractivity contribution >= 4 is 33.9 Å². The second-order valence-electron chi connectivity index (χ2n) is 6.10. The lowest BCUT2D eigenvalue weighted by Gasteiger charge is -2.12.